The monoisotopic (exact) mass is 368 g/mol. The summed E-state index contributed by atoms with van der Waals surface area (Å²) >= 11 is 0. The van der Waals surface area contributed by atoms with Crippen LogP contribution in [0.25, 0.3) is 17.0 Å². The van der Waals surface area contributed by atoms with Crippen LogP contribution < -0.4 is 11.1 Å². The van der Waals surface area contributed by atoms with Crippen molar-refractivity contribution in [3.8, 4) is 5.95 Å². The predicted octanol–water partition coefficient (Wildman–Crippen LogP) is 0.588. The van der Waals surface area contributed by atoms with Gasteiger partial charge < -0.3 is 11.1 Å². The smallest absolute Gasteiger partial charge is 0.269 e. The van der Waals surface area contributed by atoms with Gasteiger partial charge in [-0.3, -0.25) is 18.8 Å². The summed E-state index contributed by atoms with van der Waals surface area (Å²) in [6.45, 7) is 0. The molecule has 1 fully saturated rings. The van der Waals surface area contributed by atoms with Crippen molar-refractivity contribution in [2.24, 2.45) is 11.7 Å². The summed E-state index contributed by atoms with van der Waals surface area (Å²) < 4.78 is 3.39. The lowest BCUT2D eigenvalue weighted by Gasteiger charge is -2.28. The lowest BCUT2D eigenvalue weighted by molar-refractivity contribution is -0.125. The Hall–Kier alpha value is -3.30. The summed E-state index contributed by atoms with van der Waals surface area (Å²) in [4.78, 5) is 36.7. The number of fused-ring (bicyclic) bond motifs is 1. The minimum atomic E-state index is -0.635. The standard InChI is InChI=1S/C17H20N8O2/c1-19-16(27)10-2-4-11(5-3-10)25-14-12(8-21-25)22-17(23-13(14)15(18)26)24-7-6-20-9-24/h6-11H,2-5H2,1H3,(H2,18,26)(H,19,27). The number of amides is 2. The summed E-state index contributed by atoms with van der Waals surface area (Å²) in [5.41, 5.74) is 6.81. The van der Waals surface area contributed by atoms with Gasteiger partial charge in [-0.2, -0.15) is 5.10 Å². The summed E-state index contributed by atoms with van der Waals surface area (Å²) in [5, 5.41) is 7.16. The first-order valence-electron chi connectivity index (χ1n) is 8.83. The number of hydrogen-bond donors (Lipinski definition) is 2. The van der Waals surface area contributed by atoms with E-state index in [4.69, 9.17) is 5.73 Å². The summed E-state index contributed by atoms with van der Waals surface area (Å²) in [6, 6.07) is 0.0733. The Morgan fingerprint density at radius 2 is 2.00 bits per heavy atom. The topological polar surface area (TPSA) is 134 Å². The molecular weight excluding hydrogens is 348 g/mol. The predicted molar refractivity (Wildman–Crippen MR) is 96.0 cm³/mol. The van der Waals surface area contributed by atoms with E-state index < -0.39 is 5.91 Å². The second kappa shape index (κ2) is 6.78. The zero-order valence-corrected chi connectivity index (χ0v) is 14.9. The van der Waals surface area contributed by atoms with Crippen molar-refractivity contribution < 1.29 is 9.59 Å². The fraction of sp³-hybridized carbons (Fsp3) is 0.412. The molecule has 0 atom stereocenters. The number of nitrogens with two attached hydrogens (primary N) is 1. The molecule has 4 rings (SSSR count). The Morgan fingerprint density at radius 3 is 2.63 bits per heavy atom. The number of nitrogens with one attached hydrogen (secondary N) is 1. The molecule has 3 N–H and O–H groups in total. The van der Waals surface area contributed by atoms with E-state index in [0.717, 1.165) is 25.7 Å². The third-order valence-electron chi connectivity index (χ3n) is 5.06. The Labute approximate surface area is 154 Å². The Kier molecular flexibility index (Phi) is 4.30. The second-order valence-electron chi connectivity index (χ2n) is 6.65. The van der Waals surface area contributed by atoms with Crippen LogP contribution in [0.15, 0.2) is 24.9 Å². The molecule has 3 aromatic heterocycles. The highest BCUT2D eigenvalue weighted by molar-refractivity contribution is 6.02. The van der Waals surface area contributed by atoms with E-state index in [1.807, 2.05) is 0 Å². The molecular formula is C17H20N8O2. The molecule has 0 aromatic carbocycles. The highest BCUT2D eigenvalue weighted by Gasteiger charge is 2.29. The normalized spacial score (nSPS) is 19.9. The molecule has 1 aliphatic carbocycles. The van der Waals surface area contributed by atoms with Gasteiger partial charge in [0, 0.05) is 25.4 Å². The molecule has 0 radical (unpaired) electrons. The van der Waals surface area contributed by atoms with E-state index in [2.05, 4.69) is 25.4 Å². The Morgan fingerprint density at radius 1 is 1.22 bits per heavy atom. The first kappa shape index (κ1) is 17.1. The van der Waals surface area contributed by atoms with Crippen LogP contribution in [-0.2, 0) is 4.79 Å². The number of carbonyl (C=O) groups is 2. The third kappa shape index (κ3) is 3.03. The van der Waals surface area contributed by atoms with Gasteiger partial charge in [-0.1, -0.05) is 0 Å². The largest absolute Gasteiger partial charge is 0.364 e. The zero-order valence-electron chi connectivity index (χ0n) is 14.9. The minimum Gasteiger partial charge on any atom is -0.364 e. The van der Waals surface area contributed by atoms with Gasteiger partial charge >= 0.3 is 0 Å². The number of aromatic nitrogens is 6. The van der Waals surface area contributed by atoms with E-state index >= 15 is 0 Å². The molecule has 0 unspecified atom stereocenters. The molecule has 3 aromatic rings. The van der Waals surface area contributed by atoms with Crippen molar-refractivity contribution in [3.63, 3.8) is 0 Å². The maximum Gasteiger partial charge on any atom is 0.269 e. The molecule has 2 amide bonds. The highest BCUT2D eigenvalue weighted by Crippen LogP contribution is 2.34. The summed E-state index contributed by atoms with van der Waals surface area (Å²) in [5.74, 6) is -0.223. The second-order valence-corrected chi connectivity index (χ2v) is 6.65. The first-order valence-corrected chi connectivity index (χ1v) is 8.83. The van der Waals surface area contributed by atoms with Crippen LogP contribution >= 0.6 is 0 Å². The van der Waals surface area contributed by atoms with Crippen LogP contribution in [-0.4, -0.2) is 48.2 Å². The molecule has 140 valence electrons. The van der Waals surface area contributed by atoms with Gasteiger partial charge in [-0.15, -0.1) is 0 Å². The van der Waals surface area contributed by atoms with Crippen LogP contribution in [0.1, 0.15) is 42.2 Å². The van der Waals surface area contributed by atoms with E-state index in [9.17, 15) is 9.59 Å². The van der Waals surface area contributed by atoms with E-state index in [0.29, 0.717) is 17.0 Å². The van der Waals surface area contributed by atoms with Gasteiger partial charge in [0.2, 0.25) is 11.9 Å². The Bertz CT molecular complexity index is 986. The summed E-state index contributed by atoms with van der Waals surface area (Å²) in [7, 11) is 1.66. The number of nitrogens with zero attached hydrogens (tertiary/aromatic N) is 6. The average molecular weight is 368 g/mol. The number of rotatable bonds is 4. The highest BCUT2D eigenvalue weighted by atomic mass is 16.2. The SMILES string of the molecule is CNC(=O)C1CCC(n2ncc3nc(-n4ccnc4)nc(C(N)=O)c32)CC1. The number of primary amides is 1. The molecule has 10 heteroatoms. The third-order valence-corrected chi connectivity index (χ3v) is 5.06. The quantitative estimate of drug-likeness (QED) is 0.692. The molecule has 0 spiro atoms. The maximum absolute atomic E-state index is 12.1. The molecule has 3 heterocycles. The number of imidazole rings is 1. The van der Waals surface area contributed by atoms with Gasteiger partial charge in [0.1, 0.15) is 17.4 Å². The van der Waals surface area contributed by atoms with Crippen LogP contribution in [0.3, 0.4) is 0 Å². The fourth-order valence-electron chi connectivity index (χ4n) is 3.68. The molecule has 0 saturated heterocycles. The van der Waals surface area contributed by atoms with Crippen molar-refractivity contribution >= 4 is 22.8 Å². The van der Waals surface area contributed by atoms with E-state index in [1.54, 1.807) is 41.2 Å². The summed E-state index contributed by atoms with van der Waals surface area (Å²) in [6.07, 6.45) is 9.58. The van der Waals surface area contributed by atoms with Crippen LogP contribution in [0.4, 0.5) is 0 Å². The molecule has 27 heavy (non-hydrogen) atoms. The first-order chi connectivity index (χ1) is 13.1. The van der Waals surface area contributed by atoms with Gasteiger partial charge in [0.15, 0.2) is 5.69 Å². The number of hydrogen-bond acceptors (Lipinski definition) is 6. The van der Waals surface area contributed by atoms with Gasteiger partial charge in [-0.25, -0.2) is 15.0 Å². The van der Waals surface area contributed by atoms with Crippen molar-refractivity contribution in [3.05, 3.63) is 30.6 Å². The fourth-order valence-corrected chi connectivity index (χ4v) is 3.68. The minimum absolute atomic E-state index is 0.0211. The van der Waals surface area contributed by atoms with E-state index in [1.165, 1.54) is 0 Å². The van der Waals surface area contributed by atoms with Crippen molar-refractivity contribution in [1.29, 1.82) is 0 Å². The van der Waals surface area contributed by atoms with Crippen molar-refractivity contribution in [2.45, 2.75) is 31.7 Å². The number of carbonyl (C=O) groups excluding carboxylic acids is 2. The molecule has 10 nitrogen and oxygen atoms in total. The molecule has 0 aliphatic heterocycles. The van der Waals surface area contributed by atoms with Gasteiger partial charge in [-0.05, 0) is 25.7 Å². The van der Waals surface area contributed by atoms with Crippen LogP contribution in [0, 0.1) is 5.92 Å². The molecule has 1 saturated carbocycles. The average Bonchev–Trinajstić information content (AvgIpc) is 3.36. The van der Waals surface area contributed by atoms with Crippen LogP contribution in [0.2, 0.25) is 0 Å². The Balaban J connectivity index is 1.71. The lowest BCUT2D eigenvalue weighted by atomic mass is 9.85. The zero-order chi connectivity index (χ0) is 19.0. The van der Waals surface area contributed by atoms with Crippen molar-refractivity contribution in [2.75, 3.05) is 7.05 Å². The van der Waals surface area contributed by atoms with Gasteiger partial charge in [0.25, 0.3) is 5.91 Å². The molecule has 1 aliphatic rings. The van der Waals surface area contributed by atoms with Crippen LogP contribution in [0.5, 0.6) is 0 Å². The lowest BCUT2D eigenvalue weighted by Crippen LogP contribution is -2.31. The maximum atomic E-state index is 12.1. The van der Waals surface area contributed by atoms with E-state index in [-0.39, 0.29) is 23.6 Å². The van der Waals surface area contributed by atoms with Gasteiger partial charge in [0.05, 0.1) is 12.2 Å². The molecule has 0 bridgehead atoms. The van der Waals surface area contributed by atoms with Crippen molar-refractivity contribution in [1.82, 2.24) is 34.6 Å².